The molecule has 0 N–H and O–H groups in total. The number of ether oxygens (including phenoxy) is 1. The van der Waals surface area contributed by atoms with Crippen LogP contribution in [0.1, 0.15) is 10.5 Å². The van der Waals surface area contributed by atoms with Crippen LogP contribution in [0.15, 0.2) is 36.5 Å². The Hall–Kier alpha value is -1.85. The van der Waals surface area contributed by atoms with E-state index in [4.69, 9.17) is 16.3 Å². The summed E-state index contributed by atoms with van der Waals surface area (Å²) in [5.41, 5.74) is 1.28. The van der Waals surface area contributed by atoms with Crippen molar-refractivity contribution in [2.24, 2.45) is 0 Å². The molecule has 6 heteroatoms. The third kappa shape index (κ3) is 2.01. The van der Waals surface area contributed by atoms with Crippen molar-refractivity contribution in [1.82, 2.24) is 9.38 Å². The largest absolute Gasteiger partial charge is 0.464 e. The van der Waals surface area contributed by atoms with E-state index in [1.54, 1.807) is 22.7 Å². The van der Waals surface area contributed by atoms with Crippen LogP contribution < -0.4 is 0 Å². The molecule has 3 aromatic heterocycles. The molecule has 0 aromatic carbocycles. The summed E-state index contributed by atoms with van der Waals surface area (Å²) in [6, 6.07) is 9.09. The van der Waals surface area contributed by atoms with Gasteiger partial charge in [0, 0.05) is 0 Å². The molecule has 0 aliphatic heterocycles. The number of imidazole rings is 1. The van der Waals surface area contributed by atoms with E-state index in [-0.39, 0.29) is 0 Å². The lowest BCUT2D eigenvalue weighted by molar-refractivity contribution is 0.0592. The van der Waals surface area contributed by atoms with Gasteiger partial charge in [-0.05, 0) is 24.3 Å². The number of esters is 1. The van der Waals surface area contributed by atoms with Crippen LogP contribution >= 0.6 is 22.9 Å². The quantitative estimate of drug-likeness (QED) is 0.679. The average molecular weight is 293 g/mol. The fraction of sp³-hybridized carbons (Fsp3) is 0.0769. The van der Waals surface area contributed by atoms with Gasteiger partial charge < -0.3 is 4.74 Å². The van der Waals surface area contributed by atoms with Crippen molar-refractivity contribution in [3.05, 3.63) is 46.6 Å². The van der Waals surface area contributed by atoms with Gasteiger partial charge in [0.1, 0.15) is 5.69 Å². The normalized spacial score (nSPS) is 10.8. The lowest BCUT2D eigenvalue weighted by Gasteiger charge is -2.05. The molecule has 96 valence electrons. The predicted molar refractivity (Wildman–Crippen MR) is 74.9 cm³/mol. The first-order chi connectivity index (χ1) is 9.20. The van der Waals surface area contributed by atoms with E-state index in [1.807, 2.05) is 18.2 Å². The second kappa shape index (κ2) is 4.68. The minimum absolute atomic E-state index is 0.396. The van der Waals surface area contributed by atoms with Crippen molar-refractivity contribution in [1.29, 1.82) is 0 Å². The number of halogens is 1. The second-order valence-corrected chi connectivity index (χ2v) is 5.56. The second-order valence-electron chi connectivity index (χ2n) is 3.85. The van der Waals surface area contributed by atoms with Gasteiger partial charge in [0.2, 0.25) is 0 Å². The Morgan fingerprint density at radius 1 is 1.37 bits per heavy atom. The monoisotopic (exact) mass is 292 g/mol. The predicted octanol–water partition coefficient (Wildman–Crippen LogP) is 3.50. The highest BCUT2D eigenvalue weighted by atomic mass is 35.5. The third-order valence-corrected chi connectivity index (χ3v) is 3.97. The standard InChI is InChI=1S/C13H9ClN2O2S/c1-18-13(17)9-4-2-3-8-7-15-12(16(8)9)10-5-6-11(14)19-10/h2-7H,1H3. The van der Waals surface area contributed by atoms with Crippen LogP contribution in [-0.4, -0.2) is 22.5 Å². The first-order valence-corrected chi connectivity index (χ1v) is 6.70. The summed E-state index contributed by atoms with van der Waals surface area (Å²) in [4.78, 5) is 17.1. The molecule has 0 fully saturated rings. The maximum atomic E-state index is 11.8. The molecule has 0 atom stereocenters. The summed E-state index contributed by atoms with van der Waals surface area (Å²) >= 11 is 7.37. The van der Waals surface area contributed by atoms with Crippen molar-refractivity contribution in [2.45, 2.75) is 0 Å². The molecule has 0 aliphatic rings. The smallest absolute Gasteiger partial charge is 0.355 e. The van der Waals surface area contributed by atoms with Crippen molar-refractivity contribution in [2.75, 3.05) is 7.11 Å². The topological polar surface area (TPSA) is 43.6 Å². The summed E-state index contributed by atoms with van der Waals surface area (Å²) in [7, 11) is 1.36. The SMILES string of the molecule is COC(=O)c1cccc2cnc(-c3ccc(Cl)s3)n12. The molecule has 0 saturated heterocycles. The molecule has 0 aliphatic carbocycles. The summed E-state index contributed by atoms with van der Waals surface area (Å²) in [6.45, 7) is 0. The van der Waals surface area contributed by atoms with Crippen LogP contribution in [0, 0.1) is 0 Å². The lowest BCUT2D eigenvalue weighted by Crippen LogP contribution is -2.08. The number of hydrogen-bond donors (Lipinski definition) is 0. The first-order valence-electron chi connectivity index (χ1n) is 5.51. The number of hydrogen-bond acceptors (Lipinski definition) is 4. The Bertz CT molecular complexity index is 763. The fourth-order valence-corrected chi connectivity index (χ4v) is 2.95. The molecule has 3 aromatic rings. The van der Waals surface area contributed by atoms with E-state index in [0.717, 1.165) is 10.4 Å². The highest BCUT2D eigenvalue weighted by Crippen LogP contribution is 2.31. The van der Waals surface area contributed by atoms with E-state index in [9.17, 15) is 4.79 Å². The minimum atomic E-state index is -0.396. The molecule has 3 rings (SSSR count). The van der Waals surface area contributed by atoms with E-state index in [0.29, 0.717) is 15.9 Å². The van der Waals surface area contributed by atoms with Gasteiger partial charge in [-0.15, -0.1) is 11.3 Å². The number of carbonyl (C=O) groups excluding carboxylic acids is 1. The first kappa shape index (κ1) is 12.2. The number of thiophene rings is 1. The molecule has 19 heavy (non-hydrogen) atoms. The molecule has 0 amide bonds. The van der Waals surface area contributed by atoms with Gasteiger partial charge in [-0.2, -0.15) is 0 Å². The molecular formula is C13H9ClN2O2S. The minimum Gasteiger partial charge on any atom is -0.464 e. The molecule has 4 nitrogen and oxygen atoms in total. The van der Waals surface area contributed by atoms with Crippen LogP contribution in [0.3, 0.4) is 0 Å². The summed E-state index contributed by atoms with van der Waals surface area (Å²) < 4.78 is 7.25. The van der Waals surface area contributed by atoms with E-state index >= 15 is 0 Å². The van der Waals surface area contributed by atoms with Gasteiger partial charge in [0.05, 0.1) is 28.0 Å². The Labute approximate surface area is 118 Å². The molecule has 0 spiro atoms. The number of fused-ring (bicyclic) bond motifs is 1. The van der Waals surface area contributed by atoms with Crippen molar-refractivity contribution in [3.63, 3.8) is 0 Å². The van der Waals surface area contributed by atoms with Crippen LogP contribution in [-0.2, 0) is 4.74 Å². The molecule has 0 radical (unpaired) electrons. The summed E-state index contributed by atoms with van der Waals surface area (Å²) in [5, 5.41) is 0. The molecule has 3 heterocycles. The third-order valence-electron chi connectivity index (χ3n) is 2.74. The number of aromatic nitrogens is 2. The number of nitrogens with zero attached hydrogens (tertiary/aromatic N) is 2. The molecule has 0 bridgehead atoms. The van der Waals surface area contributed by atoms with E-state index in [1.165, 1.54) is 18.4 Å². The Morgan fingerprint density at radius 2 is 2.21 bits per heavy atom. The zero-order valence-corrected chi connectivity index (χ0v) is 11.5. The van der Waals surface area contributed by atoms with Crippen molar-refractivity contribution >= 4 is 34.4 Å². The number of methoxy groups -OCH3 is 1. The fourth-order valence-electron chi connectivity index (χ4n) is 1.92. The van der Waals surface area contributed by atoms with E-state index < -0.39 is 5.97 Å². The lowest BCUT2D eigenvalue weighted by atomic mass is 10.3. The maximum absolute atomic E-state index is 11.8. The van der Waals surface area contributed by atoms with Crippen LogP contribution in [0.5, 0.6) is 0 Å². The number of pyridine rings is 1. The Balaban J connectivity index is 2.29. The molecule has 0 unspecified atom stereocenters. The van der Waals surface area contributed by atoms with Crippen molar-refractivity contribution in [3.8, 4) is 10.7 Å². The van der Waals surface area contributed by atoms with Gasteiger partial charge in [-0.25, -0.2) is 9.78 Å². The highest BCUT2D eigenvalue weighted by Gasteiger charge is 2.16. The van der Waals surface area contributed by atoms with Crippen LogP contribution in [0.25, 0.3) is 16.2 Å². The average Bonchev–Trinajstić information content (AvgIpc) is 3.03. The van der Waals surface area contributed by atoms with E-state index in [2.05, 4.69) is 4.98 Å². The van der Waals surface area contributed by atoms with Gasteiger partial charge in [0.25, 0.3) is 0 Å². The molecule has 0 saturated carbocycles. The zero-order valence-electron chi connectivity index (χ0n) is 9.96. The van der Waals surface area contributed by atoms with Crippen molar-refractivity contribution < 1.29 is 9.53 Å². The van der Waals surface area contributed by atoms with Gasteiger partial charge in [0.15, 0.2) is 5.82 Å². The Kier molecular flexibility index (Phi) is 3.00. The van der Waals surface area contributed by atoms with Crippen LogP contribution in [0.4, 0.5) is 0 Å². The highest BCUT2D eigenvalue weighted by molar-refractivity contribution is 7.19. The van der Waals surface area contributed by atoms with Crippen LogP contribution in [0.2, 0.25) is 4.34 Å². The maximum Gasteiger partial charge on any atom is 0.355 e. The zero-order chi connectivity index (χ0) is 13.4. The number of rotatable bonds is 2. The number of carbonyl (C=O) groups is 1. The molecular weight excluding hydrogens is 284 g/mol. The summed E-state index contributed by atoms with van der Waals surface area (Å²) in [6.07, 6.45) is 1.72. The van der Waals surface area contributed by atoms with Gasteiger partial charge >= 0.3 is 5.97 Å². The van der Waals surface area contributed by atoms with Gasteiger partial charge in [-0.3, -0.25) is 4.40 Å². The Morgan fingerprint density at radius 3 is 2.89 bits per heavy atom. The van der Waals surface area contributed by atoms with Gasteiger partial charge in [-0.1, -0.05) is 17.7 Å². The summed E-state index contributed by atoms with van der Waals surface area (Å²) in [5.74, 6) is 0.292.